The third-order valence-corrected chi connectivity index (χ3v) is 5.20. The van der Waals surface area contributed by atoms with Crippen LogP contribution in [0.25, 0.3) is 10.9 Å². The highest BCUT2D eigenvalue weighted by Crippen LogP contribution is 2.36. The van der Waals surface area contributed by atoms with Crippen LogP contribution in [0.5, 0.6) is 0 Å². The van der Waals surface area contributed by atoms with Crippen LogP contribution < -0.4 is 10.5 Å². The lowest BCUT2D eigenvalue weighted by Gasteiger charge is -2.22. The first-order chi connectivity index (χ1) is 14.1. The van der Waals surface area contributed by atoms with Crippen molar-refractivity contribution in [3.05, 3.63) is 75.6 Å². The summed E-state index contributed by atoms with van der Waals surface area (Å²) in [5.74, 6) is -0.515. The molecule has 1 aromatic heterocycles. The molecule has 3 rings (SSSR count). The fourth-order valence-corrected chi connectivity index (χ4v) is 3.66. The SMILES string of the molecule is CCn1c(=O)cc(C(C)C)c2cc(C(=O)N(C)c3ccccc3C(F)(F)F)ccc21. The summed E-state index contributed by atoms with van der Waals surface area (Å²) in [5.41, 5.74) is 0.549. The highest BCUT2D eigenvalue weighted by Gasteiger charge is 2.35. The predicted octanol–water partition coefficient (Wildman–Crippen LogP) is 5.44. The number of rotatable bonds is 4. The Kier molecular flexibility index (Phi) is 5.74. The molecule has 7 heteroatoms. The summed E-state index contributed by atoms with van der Waals surface area (Å²) < 4.78 is 41.7. The van der Waals surface area contributed by atoms with Crippen molar-refractivity contribution < 1.29 is 18.0 Å². The second-order valence-corrected chi connectivity index (χ2v) is 7.45. The molecule has 0 radical (unpaired) electrons. The summed E-state index contributed by atoms with van der Waals surface area (Å²) in [7, 11) is 1.33. The fraction of sp³-hybridized carbons (Fsp3) is 0.304. The van der Waals surface area contributed by atoms with Crippen LogP contribution in [-0.4, -0.2) is 17.5 Å². The van der Waals surface area contributed by atoms with Crippen LogP contribution >= 0.6 is 0 Å². The van der Waals surface area contributed by atoms with Gasteiger partial charge in [0.15, 0.2) is 0 Å². The van der Waals surface area contributed by atoms with Gasteiger partial charge in [0.05, 0.1) is 16.8 Å². The number of halogens is 3. The Balaban J connectivity index is 2.14. The number of anilines is 1. The third kappa shape index (κ3) is 3.84. The first-order valence-electron chi connectivity index (χ1n) is 9.68. The number of nitrogens with zero attached hydrogens (tertiary/aromatic N) is 2. The molecule has 0 saturated heterocycles. The van der Waals surface area contributed by atoms with Crippen molar-refractivity contribution in [3.63, 3.8) is 0 Å². The van der Waals surface area contributed by atoms with Gasteiger partial charge in [-0.05, 0) is 48.7 Å². The van der Waals surface area contributed by atoms with E-state index in [2.05, 4.69) is 0 Å². The Morgan fingerprint density at radius 3 is 2.37 bits per heavy atom. The maximum absolute atomic E-state index is 13.4. The second-order valence-electron chi connectivity index (χ2n) is 7.45. The van der Waals surface area contributed by atoms with Gasteiger partial charge in [0.2, 0.25) is 0 Å². The number of pyridine rings is 1. The average molecular weight is 416 g/mol. The lowest BCUT2D eigenvalue weighted by molar-refractivity contribution is -0.137. The van der Waals surface area contributed by atoms with E-state index in [-0.39, 0.29) is 22.7 Å². The largest absolute Gasteiger partial charge is 0.418 e. The Bertz CT molecular complexity index is 1160. The monoisotopic (exact) mass is 416 g/mol. The standard InChI is InChI=1S/C23H23F3N2O2/c1-5-28-19-11-10-15(12-17(19)16(14(2)3)13-21(28)29)22(30)27(4)20-9-7-6-8-18(20)23(24,25)26/h6-14H,5H2,1-4H3. The molecule has 0 aliphatic rings. The Labute approximate surface area is 172 Å². The second kappa shape index (κ2) is 7.97. The molecule has 0 atom stereocenters. The molecule has 0 unspecified atom stereocenters. The van der Waals surface area contributed by atoms with Crippen LogP contribution in [0, 0.1) is 0 Å². The molecule has 30 heavy (non-hydrogen) atoms. The Morgan fingerprint density at radius 2 is 1.77 bits per heavy atom. The van der Waals surface area contributed by atoms with Crippen LogP contribution in [0.3, 0.4) is 0 Å². The summed E-state index contributed by atoms with van der Waals surface area (Å²) in [4.78, 5) is 26.5. The smallest absolute Gasteiger partial charge is 0.311 e. The van der Waals surface area contributed by atoms with Gasteiger partial charge in [-0.25, -0.2) is 0 Å². The zero-order valence-corrected chi connectivity index (χ0v) is 17.2. The highest BCUT2D eigenvalue weighted by atomic mass is 19.4. The van der Waals surface area contributed by atoms with Gasteiger partial charge < -0.3 is 9.47 Å². The minimum absolute atomic E-state index is 0.0424. The number of para-hydroxylation sites is 1. The van der Waals surface area contributed by atoms with E-state index in [4.69, 9.17) is 0 Å². The third-order valence-electron chi connectivity index (χ3n) is 5.20. The van der Waals surface area contributed by atoms with Gasteiger partial charge in [0, 0.05) is 30.6 Å². The first-order valence-corrected chi connectivity index (χ1v) is 9.68. The first kappa shape index (κ1) is 21.6. The molecule has 0 spiro atoms. The molecule has 2 aromatic carbocycles. The molecule has 3 aromatic rings. The van der Waals surface area contributed by atoms with Gasteiger partial charge in [-0.1, -0.05) is 26.0 Å². The number of amides is 1. The van der Waals surface area contributed by atoms with E-state index in [0.717, 1.165) is 21.9 Å². The molecule has 1 heterocycles. The van der Waals surface area contributed by atoms with Crippen molar-refractivity contribution in [2.24, 2.45) is 0 Å². The predicted molar refractivity (Wildman–Crippen MR) is 112 cm³/mol. The van der Waals surface area contributed by atoms with Crippen molar-refractivity contribution >= 4 is 22.5 Å². The molecular formula is C23H23F3N2O2. The lowest BCUT2D eigenvalue weighted by atomic mass is 9.97. The summed E-state index contributed by atoms with van der Waals surface area (Å²) in [6.45, 7) is 6.23. The van der Waals surface area contributed by atoms with Gasteiger partial charge in [-0.3, -0.25) is 9.59 Å². The molecule has 158 valence electrons. The van der Waals surface area contributed by atoms with Crippen LogP contribution in [0.1, 0.15) is 48.2 Å². The van der Waals surface area contributed by atoms with Gasteiger partial charge in [-0.15, -0.1) is 0 Å². The van der Waals surface area contributed by atoms with Crippen molar-refractivity contribution in [1.82, 2.24) is 4.57 Å². The van der Waals surface area contributed by atoms with E-state index >= 15 is 0 Å². The van der Waals surface area contributed by atoms with E-state index in [1.165, 1.54) is 25.2 Å². The highest BCUT2D eigenvalue weighted by molar-refractivity contribution is 6.08. The number of hydrogen-bond acceptors (Lipinski definition) is 2. The maximum Gasteiger partial charge on any atom is 0.418 e. The minimum atomic E-state index is -4.57. The van der Waals surface area contributed by atoms with E-state index < -0.39 is 17.6 Å². The van der Waals surface area contributed by atoms with Crippen LogP contribution in [0.15, 0.2) is 53.3 Å². The van der Waals surface area contributed by atoms with Gasteiger partial charge in [0.25, 0.3) is 11.5 Å². The molecular weight excluding hydrogens is 393 g/mol. The van der Waals surface area contributed by atoms with Crippen molar-refractivity contribution in [2.75, 3.05) is 11.9 Å². The summed E-state index contributed by atoms with van der Waals surface area (Å²) in [6, 6.07) is 11.4. The molecule has 0 bridgehead atoms. The molecule has 0 fully saturated rings. The lowest BCUT2D eigenvalue weighted by Crippen LogP contribution is -2.28. The van der Waals surface area contributed by atoms with E-state index in [1.54, 1.807) is 28.8 Å². The van der Waals surface area contributed by atoms with E-state index in [1.807, 2.05) is 20.8 Å². The average Bonchev–Trinajstić information content (AvgIpc) is 2.71. The van der Waals surface area contributed by atoms with E-state index in [0.29, 0.717) is 12.1 Å². The van der Waals surface area contributed by atoms with Crippen LogP contribution in [0.2, 0.25) is 0 Å². The summed E-state index contributed by atoms with van der Waals surface area (Å²) >= 11 is 0. The molecule has 0 aliphatic heterocycles. The van der Waals surface area contributed by atoms with Crippen molar-refractivity contribution in [3.8, 4) is 0 Å². The summed E-state index contributed by atoms with van der Waals surface area (Å²) in [6.07, 6.45) is -4.57. The quantitative estimate of drug-likeness (QED) is 0.568. The number of alkyl halides is 3. The van der Waals surface area contributed by atoms with Crippen LogP contribution in [-0.2, 0) is 12.7 Å². The van der Waals surface area contributed by atoms with E-state index in [9.17, 15) is 22.8 Å². The van der Waals surface area contributed by atoms with Crippen LogP contribution in [0.4, 0.5) is 18.9 Å². The molecule has 0 saturated carbocycles. The summed E-state index contributed by atoms with van der Waals surface area (Å²) in [5, 5.41) is 0.745. The normalized spacial score (nSPS) is 11.9. The Morgan fingerprint density at radius 1 is 1.10 bits per heavy atom. The number of aryl methyl sites for hydroxylation is 1. The topological polar surface area (TPSA) is 42.3 Å². The number of benzene rings is 2. The number of carbonyl (C=O) groups excluding carboxylic acids is 1. The zero-order valence-electron chi connectivity index (χ0n) is 17.2. The molecule has 1 amide bonds. The molecule has 0 aliphatic carbocycles. The maximum atomic E-state index is 13.4. The molecule has 0 N–H and O–H groups in total. The van der Waals surface area contributed by atoms with Gasteiger partial charge in [0.1, 0.15) is 0 Å². The van der Waals surface area contributed by atoms with Crippen molar-refractivity contribution in [2.45, 2.75) is 39.4 Å². The van der Waals surface area contributed by atoms with Crippen molar-refractivity contribution in [1.29, 1.82) is 0 Å². The number of carbonyl (C=O) groups is 1. The van der Waals surface area contributed by atoms with Gasteiger partial charge in [-0.2, -0.15) is 13.2 Å². The fourth-order valence-electron chi connectivity index (χ4n) is 3.66. The van der Waals surface area contributed by atoms with Gasteiger partial charge >= 0.3 is 6.18 Å². The number of fused-ring (bicyclic) bond motifs is 1. The molecule has 4 nitrogen and oxygen atoms in total. The minimum Gasteiger partial charge on any atom is -0.311 e. The Hall–Kier alpha value is -3.09. The number of hydrogen-bond donors (Lipinski definition) is 0. The number of aromatic nitrogens is 1. The zero-order chi connectivity index (χ0) is 22.2.